The van der Waals surface area contributed by atoms with E-state index in [9.17, 15) is 39.5 Å². The summed E-state index contributed by atoms with van der Waals surface area (Å²) in [6.07, 6.45) is -6.80. The van der Waals surface area contributed by atoms with Gasteiger partial charge in [-0.15, -0.1) is 0 Å². The Morgan fingerprint density at radius 2 is 0.882 bits per heavy atom. The van der Waals surface area contributed by atoms with Gasteiger partial charge in [-0.3, -0.25) is 0 Å². The molecule has 0 unspecified atom stereocenters. The van der Waals surface area contributed by atoms with Gasteiger partial charge in [0, 0.05) is 0 Å². The van der Waals surface area contributed by atoms with E-state index in [0.29, 0.717) is 0 Å². The van der Waals surface area contributed by atoms with Gasteiger partial charge in [0.05, 0.1) is 0 Å². The molecule has 0 atom stereocenters. The van der Waals surface area contributed by atoms with Crippen LogP contribution >= 0.6 is 31.9 Å². The first kappa shape index (κ1) is 17.3. The molecule has 0 aromatic heterocycles. The molecule has 0 aromatic rings. The molecule has 0 bridgehead atoms. The van der Waals surface area contributed by atoms with Crippen molar-refractivity contribution in [1.82, 2.24) is 0 Å². The molecule has 17 heavy (non-hydrogen) atoms. The minimum absolute atomic E-state index is 0.271. The molecule has 0 rings (SSSR count). The molecule has 0 radical (unpaired) electrons. The lowest BCUT2D eigenvalue weighted by Gasteiger charge is -2.38. The molecule has 0 aliphatic rings. The fraction of sp³-hybridized carbons (Fsp3) is 1.00. The lowest BCUT2D eigenvalue weighted by Crippen LogP contribution is -2.65. The van der Waals surface area contributed by atoms with Crippen molar-refractivity contribution in [2.75, 3.05) is 0 Å². The summed E-state index contributed by atoms with van der Waals surface area (Å²) in [4.78, 5) is 0. The van der Waals surface area contributed by atoms with Gasteiger partial charge in [0.2, 0.25) is 0 Å². The summed E-state index contributed by atoms with van der Waals surface area (Å²) < 4.78 is 108. The van der Waals surface area contributed by atoms with Crippen molar-refractivity contribution in [3.8, 4) is 0 Å². The Morgan fingerprint density at radius 3 is 1.06 bits per heavy atom. The minimum atomic E-state index is -6.87. The predicted molar refractivity (Wildman–Crippen MR) is 47.2 cm³/mol. The van der Waals surface area contributed by atoms with Gasteiger partial charge in [-0.25, -0.2) is 0 Å². The van der Waals surface area contributed by atoms with E-state index >= 15 is 0 Å². The van der Waals surface area contributed by atoms with Crippen LogP contribution in [0.4, 0.5) is 39.5 Å². The first-order valence-corrected chi connectivity index (χ1v) is 5.16. The van der Waals surface area contributed by atoms with E-state index in [1.807, 2.05) is 31.9 Å². The van der Waals surface area contributed by atoms with Gasteiger partial charge in [-0.2, -0.15) is 39.5 Å². The summed E-state index contributed by atoms with van der Waals surface area (Å²) in [7, 11) is 0. The molecular formula is C6H3Br2F9. The zero-order chi connectivity index (χ0) is 14.5. The first-order valence-electron chi connectivity index (χ1n) is 3.58. The van der Waals surface area contributed by atoms with Crippen LogP contribution in [0.5, 0.6) is 0 Å². The average molecular weight is 406 g/mol. The molecule has 0 nitrogen and oxygen atoms in total. The maximum atomic E-state index is 12.9. The highest BCUT2D eigenvalue weighted by Gasteiger charge is 2.84. The molecule has 0 heterocycles. The van der Waals surface area contributed by atoms with Crippen molar-refractivity contribution < 1.29 is 39.5 Å². The van der Waals surface area contributed by atoms with Gasteiger partial charge in [0.25, 0.3) is 0 Å². The summed E-state index contributed by atoms with van der Waals surface area (Å²) in [5.74, 6) is -19.2. The highest BCUT2D eigenvalue weighted by Crippen LogP contribution is 2.59. The Balaban J connectivity index is 5.73. The van der Waals surface area contributed by atoms with Crippen LogP contribution in [0.2, 0.25) is 0 Å². The summed E-state index contributed by atoms with van der Waals surface area (Å²) >= 11 is 3.76. The van der Waals surface area contributed by atoms with Crippen LogP contribution < -0.4 is 0 Å². The summed E-state index contributed by atoms with van der Waals surface area (Å²) in [5, 5.41) is 0. The van der Waals surface area contributed by atoms with E-state index in [-0.39, 0.29) is 6.92 Å². The van der Waals surface area contributed by atoms with Gasteiger partial charge in [-0.05, 0) is 6.92 Å². The van der Waals surface area contributed by atoms with E-state index < -0.39 is 27.2 Å². The zero-order valence-corrected chi connectivity index (χ0v) is 10.8. The fourth-order valence-electron chi connectivity index (χ4n) is 0.651. The van der Waals surface area contributed by atoms with Crippen LogP contribution in [0, 0.1) is 0 Å². The molecule has 11 heteroatoms. The van der Waals surface area contributed by atoms with Gasteiger partial charge in [0.1, 0.15) is 3.23 Å². The van der Waals surface area contributed by atoms with E-state index in [4.69, 9.17) is 0 Å². The Morgan fingerprint density at radius 1 is 0.588 bits per heavy atom. The third-order valence-electron chi connectivity index (χ3n) is 1.70. The smallest absolute Gasteiger partial charge is 0.197 e. The van der Waals surface area contributed by atoms with Crippen molar-refractivity contribution in [1.29, 1.82) is 0 Å². The molecular weight excluding hydrogens is 403 g/mol. The third kappa shape index (κ3) is 2.54. The maximum Gasteiger partial charge on any atom is 0.460 e. The van der Waals surface area contributed by atoms with E-state index in [1.165, 1.54) is 0 Å². The lowest BCUT2D eigenvalue weighted by atomic mass is 10.0. The second kappa shape index (κ2) is 4.17. The fourth-order valence-corrected chi connectivity index (χ4v) is 1.15. The second-order valence-electron chi connectivity index (χ2n) is 3.11. The lowest BCUT2D eigenvalue weighted by molar-refractivity contribution is -0.396. The Labute approximate surface area is 106 Å². The van der Waals surface area contributed by atoms with Crippen molar-refractivity contribution in [2.24, 2.45) is 0 Å². The monoisotopic (exact) mass is 404 g/mol. The highest BCUT2D eigenvalue weighted by molar-refractivity contribution is 9.25. The molecule has 0 saturated carbocycles. The third-order valence-corrected chi connectivity index (χ3v) is 2.69. The average Bonchev–Trinajstić information content (AvgIpc) is 1.98. The number of hydrogen-bond donors (Lipinski definition) is 0. The Kier molecular flexibility index (Phi) is 4.25. The van der Waals surface area contributed by atoms with Crippen molar-refractivity contribution in [2.45, 2.75) is 34.1 Å². The minimum Gasteiger partial charge on any atom is -0.197 e. The highest BCUT2D eigenvalue weighted by atomic mass is 79.9. The summed E-state index contributed by atoms with van der Waals surface area (Å²) in [6.45, 7) is 0.271. The quantitative estimate of drug-likeness (QED) is 0.460. The zero-order valence-electron chi connectivity index (χ0n) is 7.66. The maximum absolute atomic E-state index is 12.9. The standard InChI is InChI=1S/C6H3Br2F9/c1-2(7,8)3(9,10)4(11,12)5(13,14)6(15,16)17/h1H3. The molecule has 0 spiro atoms. The van der Waals surface area contributed by atoms with E-state index in [1.54, 1.807) is 0 Å². The van der Waals surface area contributed by atoms with E-state index in [0.717, 1.165) is 0 Å². The van der Waals surface area contributed by atoms with Crippen molar-refractivity contribution in [3.05, 3.63) is 0 Å². The molecule has 0 aromatic carbocycles. The molecule has 104 valence electrons. The van der Waals surface area contributed by atoms with Crippen LogP contribution in [0.25, 0.3) is 0 Å². The number of halogens is 11. The predicted octanol–water partition coefficient (Wildman–Crippen LogP) is 4.96. The van der Waals surface area contributed by atoms with Gasteiger partial charge >= 0.3 is 23.9 Å². The SMILES string of the molecule is CC(Br)(Br)C(F)(F)C(F)(F)C(F)(F)C(F)(F)F. The van der Waals surface area contributed by atoms with Crippen LogP contribution in [-0.2, 0) is 0 Å². The normalized spacial score (nSPS) is 16.2. The van der Waals surface area contributed by atoms with Crippen LogP contribution in [0.3, 0.4) is 0 Å². The Bertz CT molecular complexity index is 259. The molecule has 0 N–H and O–H groups in total. The number of alkyl halides is 11. The first-order chi connectivity index (χ1) is 7.00. The van der Waals surface area contributed by atoms with Gasteiger partial charge in [-0.1, -0.05) is 31.9 Å². The van der Waals surface area contributed by atoms with Crippen molar-refractivity contribution >= 4 is 31.9 Å². The topological polar surface area (TPSA) is 0 Å². The van der Waals surface area contributed by atoms with Crippen molar-refractivity contribution in [3.63, 3.8) is 0 Å². The van der Waals surface area contributed by atoms with E-state index in [2.05, 4.69) is 0 Å². The summed E-state index contributed by atoms with van der Waals surface area (Å²) in [6, 6.07) is 0. The molecule has 0 fully saturated rings. The van der Waals surface area contributed by atoms with Gasteiger partial charge in [0.15, 0.2) is 0 Å². The number of hydrogen-bond acceptors (Lipinski definition) is 0. The second-order valence-corrected chi connectivity index (χ2v) is 7.35. The Hall–Kier alpha value is 0.330. The molecule has 0 aliphatic heterocycles. The van der Waals surface area contributed by atoms with Crippen LogP contribution in [-0.4, -0.2) is 27.2 Å². The van der Waals surface area contributed by atoms with Crippen LogP contribution in [0.15, 0.2) is 0 Å². The molecule has 0 aliphatic carbocycles. The number of rotatable bonds is 3. The molecule has 0 saturated heterocycles. The molecule has 0 amide bonds. The summed E-state index contributed by atoms with van der Waals surface area (Å²) in [5.41, 5.74) is 0. The largest absolute Gasteiger partial charge is 0.460 e. The van der Waals surface area contributed by atoms with Crippen LogP contribution in [0.1, 0.15) is 6.92 Å². The van der Waals surface area contributed by atoms with Gasteiger partial charge < -0.3 is 0 Å².